The molecule has 1 aromatic heterocycles. The van der Waals surface area contributed by atoms with Crippen LogP contribution in [0.3, 0.4) is 0 Å². The molecule has 1 heterocycles. The molecule has 17 heteroatoms. The fourth-order valence-corrected chi connectivity index (χ4v) is 1.92. The molecule has 1 nitrogen and oxygen atoms in total. The molecule has 0 aliphatic heterocycles. The average Bonchev–Trinajstić information content (AvgIpc) is 2.41. The molecule has 2 rings (SSSR count). The van der Waals surface area contributed by atoms with E-state index in [4.69, 9.17) is 0 Å². The molecule has 0 radical (unpaired) electrons. The number of hydrogen-bond acceptors (Lipinski definition) is 1. The first-order valence-electron chi connectivity index (χ1n) is 6.86. The standard InChI is InChI=1S/C10H8N.3BF4.K/c1-8-6-7-9-4-2-3-5-10(9)11-8;3*2-1(3,4)5;/h2-7H,1H2;;;;/q;3*-1;. The van der Waals surface area contributed by atoms with Gasteiger partial charge in [0.1, 0.15) is 0 Å². The Bertz CT molecular complexity index is 614. The van der Waals surface area contributed by atoms with Crippen molar-refractivity contribution < 1.29 is 51.8 Å². The van der Waals surface area contributed by atoms with E-state index >= 15 is 0 Å². The van der Waals surface area contributed by atoms with E-state index in [1.807, 2.05) is 12.1 Å². The van der Waals surface area contributed by atoms with Crippen LogP contribution in [-0.4, -0.2) is 75.7 Å². The third-order valence-corrected chi connectivity index (χ3v) is 3.15. The monoisotopic (exact) mass is 442 g/mol. The topological polar surface area (TPSA) is 12.9 Å². The number of rotatable bonds is 1. The summed E-state index contributed by atoms with van der Waals surface area (Å²) in [5.74, 6) is 0. The number of fused-ring (bicyclic) bond motifs is 1. The fraction of sp³-hybridized carbons (Fsp3) is 0.100. The van der Waals surface area contributed by atoms with E-state index in [9.17, 15) is 51.8 Å². The summed E-state index contributed by atoms with van der Waals surface area (Å²) in [4.78, 5) is 4.54. The van der Waals surface area contributed by atoms with Gasteiger partial charge in [-0.25, -0.2) is 0 Å². The molecule has 0 saturated carbocycles. The zero-order valence-corrected chi connectivity index (χ0v) is 16.5. The fourth-order valence-electron chi connectivity index (χ4n) is 1.31. The Labute approximate surface area is 179 Å². The number of para-hydroxylation sites is 1. The number of hydrogen-bond donors (Lipinski definition) is 0. The maximum atomic E-state index is 9.75. The van der Waals surface area contributed by atoms with E-state index in [-0.39, 0.29) is 0 Å². The summed E-state index contributed by atoms with van der Waals surface area (Å²) < 4.78 is 118. The SMILES string of the molecule is F[B-](F)(F)F.F[B-](F)(F)F.F[B-](F)(F)F.[K][CH2]c1ccc2ccccc2n1. The first kappa shape index (κ1) is 28.8. The molecular formula is C10H8B3F12KN-3. The van der Waals surface area contributed by atoms with Gasteiger partial charge >= 0.3 is 129 Å². The van der Waals surface area contributed by atoms with Gasteiger partial charge in [-0.2, -0.15) is 0 Å². The molecule has 0 atom stereocenters. The summed E-state index contributed by atoms with van der Waals surface area (Å²) in [5, 5.41) is 1.24. The summed E-state index contributed by atoms with van der Waals surface area (Å²) in [5.41, 5.74) is 2.37. The zero-order valence-electron chi connectivity index (χ0n) is 13.4. The Hall–Kier alpha value is -0.379. The minimum atomic E-state index is -6.00. The molecule has 0 aliphatic rings. The van der Waals surface area contributed by atoms with Crippen LogP contribution >= 0.6 is 0 Å². The van der Waals surface area contributed by atoms with Gasteiger partial charge in [0.15, 0.2) is 0 Å². The van der Waals surface area contributed by atoms with Crippen LogP contribution < -0.4 is 0 Å². The molecule has 2 aromatic rings. The van der Waals surface area contributed by atoms with Gasteiger partial charge in [-0.1, -0.05) is 0 Å². The zero-order chi connectivity index (χ0) is 21.9. The Morgan fingerprint density at radius 1 is 0.630 bits per heavy atom. The third-order valence-electron chi connectivity index (χ3n) is 2.02. The van der Waals surface area contributed by atoms with Gasteiger partial charge in [0, 0.05) is 0 Å². The van der Waals surface area contributed by atoms with Crippen molar-refractivity contribution in [3.05, 3.63) is 42.1 Å². The molecule has 0 spiro atoms. The second kappa shape index (κ2) is 13.0. The van der Waals surface area contributed by atoms with Crippen molar-refractivity contribution in [2.45, 2.75) is 0.515 Å². The Kier molecular flexibility index (Phi) is 13.8. The van der Waals surface area contributed by atoms with Crippen LogP contribution in [-0.2, 0) is 0.515 Å². The molecule has 0 aliphatic carbocycles. The van der Waals surface area contributed by atoms with E-state index in [1.54, 1.807) is 0 Å². The van der Waals surface area contributed by atoms with Crippen LogP contribution in [0.15, 0.2) is 36.4 Å². The summed E-state index contributed by atoms with van der Waals surface area (Å²) in [6, 6.07) is 12.5. The van der Waals surface area contributed by atoms with E-state index < -0.39 is 21.8 Å². The second-order valence-electron chi connectivity index (χ2n) is 4.33. The molecule has 0 unspecified atom stereocenters. The molecule has 150 valence electrons. The van der Waals surface area contributed by atoms with Crippen molar-refractivity contribution in [1.29, 1.82) is 0 Å². The van der Waals surface area contributed by atoms with Gasteiger partial charge in [0.25, 0.3) is 0 Å². The van der Waals surface area contributed by atoms with Crippen molar-refractivity contribution in [2.75, 3.05) is 0 Å². The maximum absolute atomic E-state index is 9.75. The van der Waals surface area contributed by atoms with Gasteiger partial charge in [0.05, 0.1) is 0 Å². The van der Waals surface area contributed by atoms with Crippen LogP contribution in [0.1, 0.15) is 5.69 Å². The Morgan fingerprint density at radius 3 is 1.37 bits per heavy atom. The summed E-state index contributed by atoms with van der Waals surface area (Å²) in [7, 11) is -18.0. The normalized spacial score (nSPS) is 11.3. The van der Waals surface area contributed by atoms with Crippen LogP contribution in [0.25, 0.3) is 10.9 Å². The van der Waals surface area contributed by atoms with Crippen LogP contribution in [0.2, 0.25) is 0 Å². The molecule has 0 saturated heterocycles. The van der Waals surface area contributed by atoms with Gasteiger partial charge in [0.2, 0.25) is 0 Å². The van der Waals surface area contributed by atoms with Crippen molar-refractivity contribution in [3.8, 4) is 0 Å². The van der Waals surface area contributed by atoms with Gasteiger partial charge < -0.3 is 51.8 Å². The average molecular weight is 442 g/mol. The molecule has 0 N–H and O–H groups in total. The Morgan fingerprint density at radius 2 is 1.00 bits per heavy atom. The van der Waals surface area contributed by atoms with Crippen molar-refractivity contribution in [3.63, 3.8) is 0 Å². The number of pyridine rings is 1. The second-order valence-corrected chi connectivity index (χ2v) is 5.44. The van der Waals surface area contributed by atoms with Gasteiger partial charge in [-0.3, -0.25) is 0 Å². The van der Waals surface area contributed by atoms with Gasteiger partial charge in [-0.05, 0) is 0 Å². The number of halogens is 12. The van der Waals surface area contributed by atoms with Crippen LogP contribution in [0, 0.1) is 0 Å². The van der Waals surface area contributed by atoms with E-state index in [0.717, 1.165) is 54.5 Å². The molecule has 0 fully saturated rings. The molecule has 27 heavy (non-hydrogen) atoms. The number of benzene rings is 1. The van der Waals surface area contributed by atoms with Crippen molar-refractivity contribution >= 4 is 81.6 Å². The third kappa shape index (κ3) is 30.6. The predicted octanol–water partition coefficient (Wildman–Crippen LogP) is 5.80. The molecule has 1 aromatic carbocycles. The van der Waals surface area contributed by atoms with Crippen molar-refractivity contribution in [2.24, 2.45) is 0 Å². The number of aromatic nitrogens is 1. The first-order valence-corrected chi connectivity index (χ1v) is 9.07. The molecular weight excluding hydrogens is 434 g/mol. The molecule has 0 bridgehead atoms. The Balaban J connectivity index is 0. The van der Waals surface area contributed by atoms with E-state index in [1.165, 1.54) is 11.6 Å². The van der Waals surface area contributed by atoms with Gasteiger partial charge in [-0.15, -0.1) is 0 Å². The summed E-state index contributed by atoms with van der Waals surface area (Å²) >= 11 is 0.864. The molecule has 0 amide bonds. The summed E-state index contributed by atoms with van der Waals surface area (Å²) in [6.07, 6.45) is 0. The quantitative estimate of drug-likeness (QED) is 0.402. The van der Waals surface area contributed by atoms with Crippen LogP contribution in [0.5, 0.6) is 0 Å². The van der Waals surface area contributed by atoms with Crippen LogP contribution in [0.4, 0.5) is 51.8 Å². The predicted molar refractivity (Wildman–Crippen MR) is 81.8 cm³/mol. The van der Waals surface area contributed by atoms with E-state index in [0.29, 0.717) is 0 Å². The van der Waals surface area contributed by atoms with E-state index in [2.05, 4.69) is 29.2 Å². The number of nitrogens with zero attached hydrogens (tertiary/aromatic N) is 1. The first-order chi connectivity index (χ1) is 11.9. The minimum absolute atomic E-state index is 0.864. The summed E-state index contributed by atoms with van der Waals surface area (Å²) in [6.45, 7) is 0. The van der Waals surface area contributed by atoms with Crippen molar-refractivity contribution in [1.82, 2.24) is 4.98 Å².